The molecule has 0 aliphatic rings. The lowest BCUT2D eigenvalue weighted by atomic mass is 10.1. The van der Waals surface area contributed by atoms with Crippen molar-refractivity contribution in [2.75, 3.05) is 17.6 Å². The van der Waals surface area contributed by atoms with Crippen molar-refractivity contribution >= 4 is 33.5 Å². The van der Waals surface area contributed by atoms with E-state index in [1.54, 1.807) is 19.9 Å². The summed E-state index contributed by atoms with van der Waals surface area (Å²) >= 11 is 1.39. The third-order valence-corrected chi connectivity index (χ3v) is 6.55. The van der Waals surface area contributed by atoms with Gasteiger partial charge in [0.1, 0.15) is 5.76 Å². The van der Waals surface area contributed by atoms with E-state index in [0.717, 1.165) is 31.4 Å². The molecule has 144 valence electrons. The van der Waals surface area contributed by atoms with Gasteiger partial charge in [0.25, 0.3) is 0 Å². The summed E-state index contributed by atoms with van der Waals surface area (Å²) in [4.78, 5) is 11.5. The zero-order chi connectivity index (χ0) is 19.0. The molecule has 6 nitrogen and oxygen atoms in total. The van der Waals surface area contributed by atoms with Crippen LogP contribution in [0.15, 0.2) is 39.8 Å². The number of aryl methyl sites for hydroxylation is 2. The van der Waals surface area contributed by atoms with Crippen LogP contribution in [0.3, 0.4) is 0 Å². The normalized spacial score (nSPS) is 14.6. The summed E-state index contributed by atoms with van der Waals surface area (Å²) < 4.78 is 24.1. The highest BCUT2D eigenvalue weighted by Crippen LogP contribution is 2.51. The molecule has 1 heterocycles. The van der Waals surface area contributed by atoms with Crippen LogP contribution < -0.4 is 4.72 Å². The van der Waals surface area contributed by atoms with Crippen LogP contribution in [0.2, 0.25) is 0 Å². The van der Waals surface area contributed by atoms with E-state index < -0.39 is 10.8 Å². The number of carbonyl (C=O) groups excluding carboxylic acids is 1. The molecule has 1 unspecified atom stereocenters. The van der Waals surface area contributed by atoms with Gasteiger partial charge >= 0.3 is 0 Å². The van der Waals surface area contributed by atoms with Gasteiger partial charge in [0.2, 0.25) is 0 Å². The zero-order valence-electron chi connectivity index (χ0n) is 15.4. The summed E-state index contributed by atoms with van der Waals surface area (Å²) in [6, 6.07) is 9.47. The number of carbonyl (C=O) groups is 1. The lowest BCUT2D eigenvalue weighted by molar-refractivity contribution is -0.109. The topological polar surface area (TPSA) is 84.6 Å². The van der Waals surface area contributed by atoms with Crippen molar-refractivity contribution in [2.24, 2.45) is 0 Å². The minimum atomic E-state index is -2.66. The first kappa shape index (κ1) is 20.8. The average Bonchev–Trinajstić information content (AvgIpc) is 3.02. The van der Waals surface area contributed by atoms with Gasteiger partial charge < -0.3 is 4.52 Å². The van der Waals surface area contributed by atoms with Gasteiger partial charge in [0, 0.05) is 18.7 Å². The summed E-state index contributed by atoms with van der Waals surface area (Å²) in [6.07, 6.45) is 4.21. The minimum Gasteiger partial charge on any atom is -0.360 e. The fourth-order valence-electron chi connectivity index (χ4n) is 2.42. The Labute approximate surface area is 160 Å². The van der Waals surface area contributed by atoms with Crippen LogP contribution in [0, 0.1) is 6.92 Å². The van der Waals surface area contributed by atoms with Crippen molar-refractivity contribution in [1.29, 1.82) is 0 Å². The number of nitrogens with one attached hydrogen (secondary N) is 1. The Balaban J connectivity index is 1.87. The van der Waals surface area contributed by atoms with Crippen molar-refractivity contribution in [3.8, 4) is 0 Å². The van der Waals surface area contributed by atoms with Gasteiger partial charge in [0.05, 0.1) is 12.0 Å². The molecule has 2 aromatic rings. The Kier molecular flexibility index (Phi) is 8.02. The third kappa shape index (κ3) is 6.35. The third-order valence-electron chi connectivity index (χ3n) is 3.77. The van der Waals surface area contributed by atoms with Crippen molar-refractivity contribution < 1.29 is 18.1 Å². The number of unbranched alkanes of at least 4 members (excludes halogenated alkanes) is 2. The molecule has 0 bridgehead atoms. The van der Waals surface area contributed by atoms with E-state index >= 15 is 0 Å². The SMILES string of the molecule is COS(O)(Nc1cc(C)on1)c1ccc(CCCCCSC(C)=O)cc1. The van der Waals surface area contributed by atoms with Crippen LogP contribution in [0.5, 0.6) is 0 Å². The molecule has 0 saturated heterocycles. The van der Waals surface area contributed by atoms with E-state index in [-0.39, 0.29) is 5.12 Å². The largest absolute Gasteiger partial charge is 0.360 e. The molecule has 0 radical (unpaired) electrons. The van der Waals surface area contributed by atoms with Crippen LogP contribution in [0.1, 0.15) is 37.5 Å². The van der Waals surface area contributed by atoms with Crippen molar-refractivity contribution in [3.63, 3.8) is 0 Å². The van der Waals surface area contributed by atoms with E-state index in [1.165, 1.54) is 24.4 Å². The van der Waals surface area contributed by atoms with Gasteiger partial charge in [0.15, 0.2) is 10.9 Å². The number of benzene rings is 1. The van der Waals surface area contributed by atoms with E-state index in [0.29, 0.717) is 16.5 Å². The maximum absolute atomic E-state index is 10.9. The molecular weight excluding hydrogens is 372 g/mol. The van der Waals surface area contributed by atoms with Gasteiger partial charge in [-0.3, -0.25) is 18.3 Å². The highest BCUT2D eigenvalue weighted by atomic mass is 32.3. The fraction of sp³-hybridized carbons (Fsp3) is 0.444. The number of anilines is 1. The summed E-state index contributed by atoms with van der Waals surface area (Å²) in [5.41, 5.74) is 1.21. The molecule has 8 heteroatoms. The second-order valence-corrected chi connectivity index (χ2v) is 9.24. The first-order valence-electron chi connectivity index (χ1n) is 8.48. The van der Waals surface area contributed by atoms with Crippen LogP contribution >= 0.6 is 22.5 Å². The van der Waals surface area contributed by atoms with Gasteiger partial charge in [-0.15, -0.1) is 0 Å². The molecule has 2 N–H and O–H groups in total. The van der Waals surface area contributed by atoms with Crippen molar-refractivity contribution in [2.45, 2.75) is 44.4 Å². The maximum Gasteiger partial charge on any atom is 0.187 e. The Bertz CT molecular complexity index is 705. The highest BCUT2D eigenvalue weighted by molar-refractivity contribution is 8.26. The summed E-state index contributed by atoms with van der Waals surface area (Å²) in [7, 11) is -1.20. The number of hydrogen-bond donors (Lipinski definition) is 2. The molecule has 0 spiro atoms. The van der Waals surface area contributed by atoms with E-state index in [4.69, 9.17) is 8.71 Å². The van der Waals surface area contributed by atoms with Crippen LogP contribution in [0.4, 0.5) is 5.82 Å². The number of nitrogens with zero attached hydrogens (tertiary/aromatic N) is 1. The molecule has 1 aromatic heterocycles. The van der Waals surface area contributed by atoms with Gasteiger partial charge in [-0.05, 0) is 43.9 Å². The quantitative estimate of drug-likeness (QED) is 0.532. The first-order valence-corrected chi connectivity index (χ1v) is 11.0. The number of hydrogen-bond acceptors (Lipinski definition) is 7. The molecular formula is C18H26N2O4S2. The monoisotopic (exact) mass is 398 g/mol. The van der Waals surface area contributed by atoms with E-state index in [1.807, 2.05) is 24.3 Å². The summed E-state index contributed by atoms with van der Waals surface area (Å²) in [5, 5.41) is 4.02. The number of aromatic nitrogens is 1. The molecule has 1 aromatic carbocycles. The van der Waals surface area contributed by atoms with Crippen molar-refractivity contribution in [3.05, 3.63) is 41.7 Å². The van der Waals surface area contributed by atoms with Gasteiger partial charge in [-0.2, -0.15) is 0 Å². The van der Waals surface area contributed by atoms with E-state index in [9.17, 15) is 9.35 Å². The lowest BCUT2D eigenvalue weighted by Gasteiger charge is -2.36. The lowest BCUT2D eigenvalue weighted by Crippen LogP contribution is -2.12. The second kappa shape index (κ2) is 10.0. The number of rotatable bonds is 10. The van der Waals surface area contributed by atoms with Gasteiger partial charge in [-0.25, -0.2) is 0 Å². The molecule has 0 fully saturated rings. The number of thioether (sulfide) groups is 1. The Hall–Kier alpha value is -1.48. The highest BCUT2D eigenvalue weighted by Gasteiger charge is 2.20. The molecule has 0 amide bonds. The maximum atomic E-state index is 10.9. The summed E-state index contributed by atoms with van der Waals surface area (Å²) in [6.45, 7) is 3.39. The Morgan fingerprint density at radius 1 is 1.31 bits per heavy atom. The Morgan fingerprint density at radius 3 is 2.62 bits per heavy atom. The zero-order valence-corrected chi connectivity index (χ0v) is 17.0. The molecule has 0 saturated carbocycles. The standard InChI is InChI=1S/C18H26N2O4S2/c1-14-13-18(19-24-14)20-26(22,23-3)17-10-8-16(9-11-17)7-5-4-6-12-25-15(2)21/h8-11,13,22H,4-7,12H2,1-3H3,(H,19,20). The molecule has 0 aliphatic carbocycles. The first-order chi connectivity index (χ1) is 12.4. The van der Waals surface area contributed by atoms with Crippen molar-refractivity contribution in [1.82, 2.24) is 5.16 Å². The van der Waals surface area contributed by atoms with Crippen LogP contribution in [-0.4, -0.2) is 27.7 Å². The van der Waals surface area contributed by atoms with Crippen LogP contribution in [0.25, 0.3) is 0 Å². The molecule has 1 atom stereocenters. The predicted molar refractivity (Wildman–Crippen MR) is 107 cm³/mol. The predicted octanol–water partition coefficient (Wildman–Crippen LogP) is 5.20. The molecule has 0 aliphatic heterocycles. The van der Waals surface area contributed by atoms with Gasteiger partial charge in [-0.1, -0.05) is 46.2 Å². The van der Waals surface area contributed by atoms with Crippen LogP contribution in [-0.2, 0) is 15.4 Å². The average molecular weight is 399 g/mol. The Morgan fingerprint density at radius 2 is 2.04 bits per heavy atom. The molecule has 2 rings (SSSR count). The smallest absolute Gasteiger partial charge is 0.187 e. The fourth-order valence-corrected chi connectivity index (χ4v) is 4.33. The second-order valence-electron chi connectivity index (χ2n) is 5.91. The summed E-state index contributed by atoms with van der Waals surface area (Å²) in [5.74, 6) is 1.99. The molecule has 26 heavy (non-hydrogen) atoms. The van der Waals surface area contributed by atoms with E-state index in [2.05, 4.69) is 9.88 Å². The minimum absolute atomic E-state index is 0.183.